The summed E-state index contributed by atoms with van der Waals surface area (Å²) >= 11 is 0. The zero-order chi connectivity index (χ0) is 44.3. The smallest absolute Gasteiger partial charge is 0.410 e. The third-order valence-corrected chi connectivity index (χ3v) is 8.46. The van der Waals surface area contributed by atoms with Crippen molar-refractivity contribution in [2.75, 3.05) is 60.9 Å². The van der Waals surface area contributed by atoms with Crippen molar-refractivity contribution in [1.82, 2.24) is 10.2 Å². The van der Waals surface area contributed by atoms with Crippen LogP contribution in [0.1, 0.15) is 58.8 Å². The summed E-state index contributed by atoms with van der Waals surface area (Å²) in [5.74, 6) is 2.08. The Bertz CT molecular complexity index is 2140. The number of rotatable bonds is 9. The zero-order valence-corrected chi connectivity index (χ0v) is 33.4. The Balaban J connectivity index is 0.000000206. The molecule has 3 aliphatic rings. The van der Waals surface area contributed by atoms with Crippen molar-refractivity contribution in [3.8, 4) is 11.8 Å². The van der Waals surface area contributed by atoms with Crippen molar-refractivity contribution in [1.29, 1.82) is 0 Å². The first-order chi connectivity index (χ1) is 28.3. The number of imide groups is 1. The van der Waals surface area contributed by atoms with Crippen LogP contribution in [0.15, 0.2) is 66.7 Å². The minimum Gasteiger partial charge on any atom is -0.460 e. The van der Waals surface area contributed by atoms with Gasteiger partial charge in [0.05, 0.1) is 47.3 Å². The molecule has 6 rings (SSSR count). The minimum absolute atomic E-state index is 0.0215. The van der Waals surface area contributed by atoms with Gasteiger partial charge >= 0.3 is 24.0 Å². The Hall–Kier alpha value is -7.46. The molecule has 3 heterocycles. The van der Waals surface area contributed by atoms with Crippen molar-refractivity contribution < 1.29 is 52.5 Å². The highest BCUT2D eigenvalue weighted by atomic mass is 16.6. The van der Waals surface area contributed by atoms with E-state index in [1.165, 1.54) is 48.5 Å². The van der Waals surface area contributed by atoms with Gasteiger partial charge in [-0.25, -0.2) is 19.2 Å². The Kier molecular flexibility index (Phi) is 14.9. The lowest BCUT2D eigenvalue weighted by Crippen LogP contribution is -2.37. The van der Waals surface area contributed by atoms with E-state index in [2.05, 4.69) is 17.2 Å². The quantitative estimate of drug-likeness (QED) is 0.0310. The maximum atomic E-state index is 12.4. The van der Waals surface area contributed by atoms with Crippen LogP contribution in [0.4, 0.5) is 38.9 Å². The lowest BCUT2D eigenvalue weighted by atomic mass is 9.85. The number of fused-ring (bicyclic) bond motifs is 5. The van der Waals surface area contributed by atoms with Gasteiger partial charge in [-0.3, -0.25) is 19.8 Å². The van der Waals surface area contributed by atoms with Gasteiger partial charge < -0.3 is 58.1 Å². The van der Waals surface area contributed by atoms with Gasteiger partial charge in [-0.1, -0.05) is 18.1 Å². The first kappa shape index (κ1) is 45.2. The highest BCUT2D eigenvalue weighted by molar-refractivity contribution is 6.06. The molecular formula is C41H48N8O11. The van der Waals surface area contributed by atoms with E-state index in [1.54, 1.807) is 33.8 Å². The van der Waals surface area contributed by atoms with Crippen molar-refractivity contribution in [3.63, 3.8) is 0 Å². The van der Waals surface area contributed by atoms with Crippen LogP contribution in [0.5, 0.6) is 0 Å². The molecule has 0 saturated carbocycles. The molecule has 0 aliphatic carbocycles. The average molecular weight is 829 g/mol. The van der Waals surface area contributed by atoms with Crippen molar-refractivity contribution in [2.45, 2.75) is 45.5 Å². The number of nitrogen functional groups attached to an aromatic ring is 6. The summed E-state index contributed by atoms with van der Waals surface area (Å²) in [4.78, 5) is 72.5. The number of amides is 3. The lowest BCUT2D eigenvalue weighted by molar-refractivity contribution is -0.143. The van der Waals surface area contributed by atoms with E-state index in [9.17, 15) is 28.8 Å². The number of hydrogen-bond acceptors (Lipinski definition) is 17. The fourth-order valence-corrected chi connectivity index (χ4v) is 6.10. The SMILES string of the molecule is CC#CCOC(=O)c1cc(N)cc(N)c1.CC(C)(C)OC(=O)NCOC(=O)c1cc(N)cc(N)c1.Nc1cc(N)cc(C(=O)OCCN2C(=O)C3C4C=CC(O4)C3C2=O)c1. The number of nitrogens with two attached hydrogens (primary N) is 6. The van der Waals surface area contributed by atoms with Crippen LogP contribution < -0.4 is 39.7 Å². The van der Waals surface area contributed by atoms with Crippen LogP contribution in [0, 0.1) is 23.7 Å². The number of carbonyl (C=O) groups excluding carboxylic acids is 6. The van der Waals surface area contributed by atoms with Crippen molar-refractivity contribution in [2.24, 2.45) is 11.8 Å². The van der Waals surface area contributed by atoms with E-state index >= 15 is 0 Å². The second-order valence-corrected chi connectivity index (χ2v) is 14.4. The molecule has 0 radical (unpaired) electrons. The van der Waals surface area contributed by atoms with Crippen LogP contribution in [0.25, 0.3) is 0 Å². The fraction of sp³-hybridized carbons (Fsp3) is 0.317. The molecule has 19 heteroatoms. The maximum absolute atomic E-state index is 12.4. The van der Waals surface area contributed by atoms with E-state index in [0.717, 1.165) is 4.90 Å². The molecular weight excluding hydrogens is 780 g/mol. The van der Waals surface area contributed by atoms with Gasteiger partial charge in [-0.15, -0.1) is 5.92 Å². The molecule has 2 fully saturated rings. The molecule has 3 aliphatic heterocycles. The molecule has 318 valence electrons. The summed E-state index contributed by atoms with van der Waals surface area (Å²) in [6.07, 6.45) is 2.33. The molecule has 0 aromatic heterocycles. The fourth-order valence-electron chi connectivity index (χ4n) is 6.10. The second kappa shape index (κ2) is 19.8. The van der Waals surface area contributed by atoms with E-state index < -0.39 is 41.4 Å². The number of hydrogen-bond donors (Lipinski definition) is 7. The number of nitrogens with one attached hydrogen (secondary N) is 1. The molecule has 13 N–H and O–H groups in total. The molecule has 19 nitrogen and oxygen atoms in total. The van der Waals surface area contributed by atoms with Gasteiger partial charge in [0.1, 0.15) is 12.2 Å². The summed E-state index contributed by atoms with van der Waals surface area (Å²) in [5.41, 5.74) is 35.9. The summed E-state index contributed by atoms with van der Waals surface area (Å²) in [6, 6.07) is 13.4. The third kappa shape index (κ3) is 12.5. The highest BCUT2D eigenvalue weighted by Crippen LogP contribution is 2.45. The molecule has 60 heavy (non-hydrogen) atoms. The van der Waals surface area contributed by atoms with E-state index in [0.29, 0.717) is 39.7 Å². The number of carbonyl (C=O) groups is 6. The highest BCUT2D eigenvalue weighted by Gasteiger charge is 2.60. The number of esters is 3. The molecule has 2 saturated heterocycles. The summed E-state index contributed by atoms with van der Waals surface area (Å²) in [6.45, 7) is 6.57. The van der Waals surface area contributed by atoms with Crippen LogP contribution in [-0.2, 0) is 33.3 Å². The van der Waals surface area contributed by atoms with Crippen molar-refractivity contribution >= 4 is 69.9 Å². The van der Waals surface area contributed by atoms with Crippen LogP contribution in [0.2, 0.25) is 0 Å². The Morgan fingerprint density at radius 2 is 1.07 bits per heavy atom. The molecule has 3 aromatic rings. The van der Waals surface area contributed by atoms with Gasteiger partial charge in [0, 0.05) is 34.1 Å². The molecule has 3 aromatic carbocycles. The Morgan fingerprint density at radius 3 is 1.47 bits per heavy atom. The second-order valence-electron chi connectivity index (χ2n) is 14.4. The number of ether oxygens (including phenoxy) is 5. The monoisotopic (exact) mass is 828 g/mol. The standard InChI is InChI=1S/C17H17N3O5.C13H19N3O4.C11H12N2O2/c18-9-5-8(6-10(19)7-9)17(23)24-4-3-20-15(21)13-11-1-2-12(25-11)14(13)16(20)22;1-13(2,3)20-12(18)16-7-19-11(17)8-4-9(14)6-10(15)5-8;1-2-3-4-15-11(14)8-5-9(12)7-10(13)6-8/h1-2,5-7,11-14H,3-4,18-19H2;4-6H,7,14-15H2,1-3H3,(H,16,18);5-7H,4,12-13H2,1H3. The molecule has 2 bridgehead atoms. The number of likely N-dealkylation sites (tertiary alicyclic amines) is 1. The topological polar surface area (TPSA) is 320 Å². The predicted octanol–water partition coefficient (Wildman–Crippen LogP) is 2.47. The molecule has 4 unspecified atom stereocenters. The van der Waals surface area contributed by atoms with Crippen LogP contribution in [0.3, 0.4) is 0 Å². The number of anilines is 6. The van der Waals surface area contributed by atoms with Crippen LogP contribution in [-0.4, -0.2) is 85.0 Å². The first-order valence-corrected chi connectivity index (χ1v) is 18.3. The van der Waals surface area contributed by atoms with E-state index in [4.69, 9.17) is 58.1 Å². The summed E-state index contributed by atoms with van der Waals surface area (Å²) in [5, 5.41) is 2.30. The summed E-state index contributed by atoms with van der Waals surface area (Å²) in [7, 11) is 0. The number of alkyl carbamates (subject to hydrolysis) is 1. The minimum atomic E-state index is -0.669. The largest absolute Gasteiger partial charge is 0.460 e. The van der Waals surface area contributed by atoms with Crippen LogP contribution >= 0.6 is 0 Å². The van der Waals surface area contributed by atoms with Gasteiger partial charge in [0.2, 0.25) is 11.8 Å². The normalized spacial score (nSPS) is 18.0. The first-order valence-electron chi connectivity index (χ1n) is 18.3. The maximum Gasteiger partial charge on any atom is 0.410 e. The predicted molar refractivity (Wildman–Crippen MR) is 221 cm³/mol. The molecule has 3 amide bonds. The van der Waals surface area contributed by atoms with E-state index in [1.807, 2.05) is 12.2 Å². The van der Waals surface area contributed by atoms with E-state index in [-0.39, 0.29) is 61.6 Å². The Labute approximate surface area is 345 Å². The van der Waals surface area contributed by atoms with Gasteiger partial charge in [-0.05, 0) is 82.3 Å². The van der Waals surface area contributed by atoms with Gasteiger partial charge in [0.25, 0.3) is 0 Å². The molecule has 0 spiro atoms. The zero-order valence-electron chi connectivity index (χ0n) is 33.4. The van der Waals surface area contributed by atoms with Gasteiger partial charge in [0.15, 0.2) is 13.3 Å². The van der Waals surface area contributed by atoms with Gasteiger partial charge in [-0.2, -0.15) is 0 Å². The lowest BCUT2D eigenvalue weighted by Gasteiger charge is -2.19. The van der Waals surface area contributed by atoms with Crippen molar-refractivity contribution in [3.05, 3.63) is 83.4 Å². The average Bonchev–Trinajstić information content (AvgIpc) is 3.84. The number of nitrogens with zero attached hydrogens (tertiary/aromatic N) is 1. The number of benzene rings is 3. The third-order valence-electron chi connectivity index (χ3n) is 8.46. The summed E-state index contributed by atoms with van der Waals surface area (Å²) < 4.78 is 25.4. The Morgan fingerprint density at radius 1 is 0.667 bits per heavy atom. The molecule has 4 atom stereocenters.